The SMILES string of the molecule is CCCn1c(=O)n(CC(=O)N[C@@H](C)Cc2ccco2)c2ccccc21. The maximum atomic E-state index is 12.7. The minimum Gasteiger partial charge on any atom is -0.469 e. The molecule has 0 saturated heterocycles. The highest BCUT2D eigenvalue weighted by Crippen LogP contribution is 2.13. The van der Waals surface area contributed by atoms with Crippen LogP contribution in [0.25, 0.3) is 11.0 Å². The number of hydrogen-bond acceptors (Lipinski definition) is 3. The maximum absolute atomic E-state index is 12.7. The predicted octanol–water partition coefficient (Wildman–Crippen LogP) is 2.55. The number of nitrogens with zero attached hydrogens (tertiary/aromatic N) is 2. The van der Waals surface area contributed by atoms with Crippen molar-refractivity contribution in [1.82, 2.24) is 14.5 Å². The fourth-order valence-corrected chi connectivity index (χ4v) is 3.11. The van der Waals surface area contributed by atoms with Gasteiger partial charge in [-0.05, 0) is 37.6 Å². The van der Waals surface area contributed by atoms with E-state index in [9.17, 15) is 9.59 Å². The summed E-state index contributed by atoms with van der Waals surface area (Å²) in [5.74, 6) is 0.644. The lowest BCUT2D eigenvalue weighted by molar-refractivity contribution is -0.122. The number of hydrogen-bond donors (Lipinski definition) is 1. The summed E-state index contributed by atoms with van der Waals surface area (Å²) in [6.07, 6.45) is 3.09. The molecule has 25 heavy (non-hydrogen) atoms. The second-order valence-electron chi connectivity index (χ2n) is 6.26. The summed E-state index contributed by atoms with van der Waals surface area (Å²) >= 11 is 0. The monoisotopic (exact) mass is 341 g/mol. The Morgan fingerprint density at radius 3 is 2.52 bits per heavy atom. The van der Waals surface area contributed by atoms with Gasteiger partial charge in [-0.25, -0.2) is 4.79 Å². The van der Waals surface area contributed by atoms with Crippen molar-refractivity contribution in [2.45, 2.75) is 45.8 Å². The zero-order valence-electron chi connectivity index (χ0n) is 14.6. The number of nitrogens with one attached hydrogen (secondary N) is 1. The summed E-state index contributed by atoms with van der Waals surface area (Å²) in [5, 5.41) is 2.93. The summed E-state index contributed by atoms with van der Waals surface area (Å²) < 4.78 is 8.57. The molecule has 0 aliphatic carbocycles. The molecule has 1 amide bonds. The lowest BCUT2D eigenvalue weighted by atomic mass is 10.2. The molecular formula is C19H23N3O3. The molecule has 1 aromatic carbocycles. The van der Waals surface area contributed by atoms with Gasteiger partial charge in [0.25, 0.3) is 0 Å². The van der Waals surface area contributed by atoms with Crippen molar-refractivity contribution in [3.63, 3.8) is 0 Å². The third-order valence-corrected chi connectivity index (χ3v) is 4.17. The predicted molar refractivity (Wildman–Crippen MR) is 96.5 cm³/mol. The maximum Gasteiger partial charge on any atom is 0.329 e. The van der Waals surface area contributed by atoms with Crippen LogP contribution in [0.5, 0.6) is 0 Å². The van der Waals surface area contributed by atoms with Crippen LogP contribution in [-0.4, -0.2) is 21.1 Å². The van der Waals surface area contributed by atoms with E-state index in [0.29, 0.717) is 13.0 Å². The van der Waals surface area contributed by atoms with Gasteiger partial charge in [0.1, 0.15) is 12.3 Å². The highest BCUT2D eigenvalue weighted by molar-refractivity contribution is 5.81. The van der Waals surface area contributed by atoms with Gasteiger partial charge >= 0.3 is 5.69 Å². The lowest BCUT2D eigenvalue weighted by Crippen LogP contribution is -2.38. The topological polar surface area (TPSA) is 69.2 Å². The van der Waals surface area contributed by atoms with Crippen LogP contribution in [0.3, 0.4) is 0 Å². The highest BCUT2D eigenvalue weighted by Gasteiger charge is 2.16. The van der Waals surface area contributed by atoms with Crippen LogP contribution in [-0.2, 0) is 24.3 Å². The standard InChI is InChI=1S/C19H23N3O3/c1-3-10-21-16-8-4-5-9-17(16)22(19(21)24)13-18(23)20-14(2)12-15-7-6-11-25-15/h4-9,11,14H,3,10,12-13H2,1-2H3,(H,20,23)/t14-/m0/s1. The smallest absolute Gasteiger partial charge is 0.329 e. The van der Waals surface area contributed by atoms with Crippen LogP contribution in [0.15, 0.2) is 51.9 Å². The average Bonchev–Trinajstić information content (AvgIpc) is 3.17. The first kappa shape index (κ1) is 17.1. The fourth-order valence-electron chi connectivity index (χ4n) is 3.11. The first-order valence-electron chi connectivity index (χ1n) is 8.60. The van der Waals surface area contributed by atoms with Crippen LogP contribution in [0.2, 0.25) is 0 Å². The van der Waals surface area contributed by atoms with Gasteiger partial charge in [-0.15, -0.1) is 0 Å². The molecule has 0 spiro atoms. The minimum atomic E-state index is -0.180. The molecule has 1 atom stereocenters. The second-order valence-corrected chi connectivity index (χ2v) is 6.26. The number of amides is 1. The van der Waals surface area contributed by atoms with E-state index in [-0.39, 0.29) is 24.2 Å². The van der Waals surface area contributed by atoms with Gasteiger partial charge in [0.15, 0.2) is 0 Å². The van der Waals surface area contributed by atoms with Crippen LogP contribution in [0.1, 0.15) is 26.0 Å². The number of aromatic nitrogens is 2. The van der Waals surface area contributed by atoms with Crippen molar-refractivity contribution >= 4 is 16.9 Å². The van der Waals surface area contributed by atoms with E-state index in [1.807, 2.05) is 50.2 Å². The van der Waals surface area contributed by atoms with Crippen LogP contribution in [0, 0.1) is 0 Å². The summed E-state index contributed by atoms with van der Waals surface area (Å²) in [4.78, 5) is 25.1. The Bertz CT molecular complexity index is 906. The fraction of sp³-hybridized carbons (Fsp3) is 0.368. The quantitative estimate of drug-likeness (QED) is 0.718. The Morgan fingerprint density at radius 2 is 1.88 bits per heavy atom. The number of fused-ring (bicyclic) bond motifs is 1. The summed E-state index contributed by atoms with van der Waals surface area (Å²) in [5.41, 5.74) is 1.51. The summed E-state index contributed by atoms with van der Waals surface area (Å²) in [7, 11) is 0. The summed E-state index contributed by atoms with van der Waals surface area (Å²) in [6.45, 7) is 4.60. The van der Waals surface area contributed by atoms with Crippen molar-refractivity contribution in [3.05, 3.63) is 58.9 Å². The summed E-state index contributed by atoms with van der Waals surface area (Å²) in [6, 6.07) is 11.2. The van der Waals surface area contributed by atoms with Gasteiger partial charge in [-0.1, -0.05) is 19.1 Å². The number of aryl methyl sites for hydroxylation is 1. The van der Waals surface area contributed by atoms with E-state index in [0.717, 1.165) is 23.2 Å². The molecule has 3 aromatic rings. The molecule has 0 unspecified atom stereocenters. The molecule has 0 fully saturated rings. The Labute approximate surface area is 146 Å². The van der Waals surface area contributed by atoms with Gasteiger partial charge in [-0.2, -0.15) is 0 Å². The van der Waals surface area contributed by atoms with Crippen molar-refractivity contribution in [2.24, 2.45) is 0 Å². The molecule has 0 radical (unpaired) electrons. The third kappa shape index (κ3) is 3.68. The van der Waals surface area contributed by atoms with Gasteiger partial charge in [-0.3, -0.25) is 13.9 Å². The van der Waals surface area contributed by atoms with E-state index in [2.05, 4.69) is 5.32 Å². The molecule has 6 nitrogen and oxygen atoms in total. The zero-order chi connectivity index (χ0) is 17.8. The van der Waals surface area contributed by atoms with E-state index < -0.39 is 0 Å². The van der Waals surface area contributed by atoms with Crippen molar-refractivity contribution in [2.75, 3.05) is 0 Å². The molecule has 2 aromatic heterocycles. The molecule has 6 heteroatoms. The van der Waals surface area contributed by atoms with Crippen LogP contribution < -0.4 is 11.0 Å². The van der Waals surface area contributed by atoms with Gasteiger partial charge in [0.2, 0.25) is 5.91 Å². The van der Waals surface area contributed by atoms with Crippen molar-refractivity contribution in [1.29, 1.82) is 0 Å². The van der Waals surface area contributed by atoms with E-state index in [4.69, 9.17) is 4.42 Å². The molecule has 0 bridgehead atoms. The number of para-hydroxylation sites is 2. The second kappa shape index (κ2) is 7.42. The highest BCUT2D eigenvalue weighted by atomic mass is 16.3. The van der Waals surface area contributed by atoms with Crippen LogP contribution in [0.4, 0.5) is 0 Å². The molecule has 0 saturated carbocycles. The molecule has 3 rings (SSSR count). The van der Waals surface area contributed by atoms with Crippen molar-refractivity contribution < 1.29 is 9.21 Å². The largest absolute Gasteiger partial charge is 0.469 e. The van der Waals surface area contributed by atoms with Gasteiger partial charge in [0.05, 0.1) is 17.3 Å². The first-order chi connectivity index (χ1) is 12.1. The molecule has 132 valence electrons. The lowest BCUT2D eigenvalue weighted by Gasteiger charge is -2.13. The number of carbonyl (C=O) groups excluding carboxylic acids is 1. The number of furan rings is 1. The molecule has 1 N–H and O–H groups in total. The number of imidazole rings is 1. The van der Waals surface area contributed by atoms with E-state index in [1.54, 1.807) is 15.4 Å². The first-order valence-corrected chi connectivity index (χ1v) is 8.60. The Kier molecular flexibility index (Phi) is 5.07. The Morgan fingerprint density at radius 1 is 1.16 bits per heavy atom. The average molecular weight is 341 g/mol. The molecule has 2 heterocycles. The van der Waals surface area contributed by atoms with E-state index in [1.165, 1.54) is 0 Å². The number of benzene rings is 1. The third-order valence-electron chi connectivity index (χ3n) is 4.17. The number of rotatable bonds is 7. The molecular weight excluding hydrogens is 318 g/mol. The van der Waals surface area contributed by atoms with Crippen LogP contribution >= 0.6 is 0 Å². The Hall–Kier alpha value is -2.76. The molecule has 0 aliphatic heterocycles. The Balaban J connectivity index is 1.77. The van der Waals surface area contributed by atoms with Crippen molar-refractivity contribution in [3.8, 4) is 0 Å². The number of carbonyl (C=O) groups is 1. The zero-order valence-corrected chi connectivity index (χ0v) is 14.6. The van der Waals surface area contributed by atoms with Gasteiger partial charge < -0.3 is 9.73 Å². The minimum absolute atomic E-state index is 0.0125. The normalized spacial score (nSPS) is 12.4. The van der Waals surface area contributed by atoms with Gasteiger partial charge in [0, 0.05) is 19.0 Å². The van der Waals surface area contributed by atoms with E-state index >= 15 is 0 Å². The molecule has 0 aliphatic rings.